The van der Waals surface area contributed by atoms with Crippen molar-refractivity contribution in [3.05, 3.63) is 33.4 Å². The smallest absolute Gasteiger partial charge is 0.408 e. The minimum atomic E-state index is -0.636. The van der Waals surface area contributed by atoms with Crippen LogP contribution in [0.3, 0.4) is 0 Å². The van der Waals surface area contributed by atoms with Crippen LogP contribution in [0.4, 0.5) is 4.79 Å². The average molecular weight is 472 g/mol. The number of benzene rings is 1. The number of hydrogen-bond donors (Lipinski definition) is 1. The lowest BCUT2D eigenvalue weighted by Crippen LogP contribution is -2.53. The number of carbonyl (C=O) groups is 2. The lowest BCUT2D eigenvalue weighted by molar-refractivity contribution is -0.134. The third-order valence-electron chi connectivity index (χ3n) is 4.50. The van der Waals surface area contributed by atoms with E-state index < -0.39 is 17.7 Å². The highest BCUT2D eigenvalue weighted by molar-refractivity contribution is 14.1. The summed E-state index contributed by atoms with van der Waals surface area (Å²) in [5.41, 5.74) is 0.423. The molecule has 0 aromatic heterocycles. The third kappa shape index (κ3) is 6.14. The van der Waals surface area contributed by atoms with Gasteiger partial charge in [-0.2, -0.15) is 0 Å². The standard InChI is InChI=1S/C20H29IN2O3/c1-14(15-8-10-16(21)11-9-15)17(22-19(25)26-20(2,3)4)18(24)23-12-6-5-7-13-23/h8-11,14,17H,5-7,12-13H2,1-4H3,(H,22,25)/t14?,17-/m0/s1. The molecular weight excluding hydrogens is 443 g/mol. The van der Waals surface area contributed by atoms with Crippen molar-refractivity contribution >= 4 is 34.6 Å². The molecule has 1 fully saturated rings. The normalized spacial score (nSPS) is 17.3. The van der Waals surface area contributed by atoms with E-state index >= 15 is 0 Å². The Morgan fingerprint density at radius 3 is 2.23 bits per heavy atom. The molecule has 6 heteroatoms. The Labute approximate surface area is 170 Å². The van der Waals surface area contributed by atoms with Gasteiger partial charge in [0.05, 0.1) is 0 Å². The van der Waals surface area contributed by atoms with Crippen LogP contribution in [0.5, 0.6) is 0 Å². The number of piperidine rings is 1. The molecule has 2 rings (SSSR count). The zero-order valence-electron chi connectivity index (χ0n) is 16.0. The van der Waals surface area contributed by atoms with E-state index in [2.05, 4.69) is 27.9 Å². The van der Waals surface area contributed by atoms with Gasteiger partial charge < -0.3 is 15.0 Å². The molecule has 1 aliphatic heterocycles. The first kappa shape index (κ1) is 21.0. The van der Waals surface area contributed by atoms with Crippen molar-refractivity contribution in [1.82, 2.24) is 10.2 Å². The van der Waals surface area contributed by atoms with Gasteiger partial charge in [0.2, 0.25) is 5.91 Å². The van der Waals surface area contributed by atoms with Crippen molar-refractivity contribution in [3.8, 4) is 0 Å². The first-order chi connectivity index (χ1) is 12.2. The predicted molar refractivity (Wildman–Crippen MR) is 111 cm³/mol. The summed E-state index contributed by atoms with van der Waals surface area (Å²) < 4.78 is 6.53. The maximum atomic E-state index is 13.1. The van der Waals surface area contributed by atoms with Crippen molar-refractivity contribution < 1.29 is 14.3 Å². The van der Waals surface area contributed by atoms with Gasteiger partial charge in [0.1, 0.15) is 11.6 Å². The largest absolute Gasteiger partial charge is 0.444 e. The Bertz CT molecular complexity index is 619. The Hall–Kier alpha value is -1.31. The molecule has 1 aromatic carbocycles. The Morgan fingerprint density at radius 1 is 1.12 bits per heavy atom. The molecule has 0 spiro atoms. The van der Waals surface area contributed by atoms with E-state index in [0.717, 1.165) is 41.5 Å². The van der Waals surface area contributed by atoms with Crippen LogP contribution in [0.2, 0.25) is 0 Å². The summed E-state index contributed by atoms with van der Waals surface area (Å²) in [6, 6.07) is 7.42. The quantitative estimate of drug-likeness (QED) is 0.665. The molecule has 0 aliphatic carbocycles. The number of ether oxygens (including phenoxy) is 1. The van der Waals surface area contributed by atoms with Crippen molar-refractivity contribution in [3.63, 3.8) is 0 Å². The molecule has 26 heavy (non-hydrogen) atoms. The first-order valence-electron chi connectivity index (χ1n) is 9.21. The van der Waals surface area contributed by atoms with Gasteiger partial charge in [-0.1, -0.05) is 19.1 Å². The van der Waals surface area contributed by atoms with E-state index in [1.807, 2.05) is 56.9 Å². The number of halogens is 1. The monoisotopic (exact) mass is 472 g/mol. The molecule has 1 saturated heterocycles. The minimum Gasteiger partial charge on any atom is -0.444 e. The maximum absolute atomic E-state index is 13.1. The molecule has 1 aliphatic rings. The maximum Gasteiger partial charge on any atom is 0.408 e. The SMILES string of the molecule is CC(c1ccc(I)cc1)[C@H](NC(=O)OC(C)(C)C)C(=O)N1CCCCC1. The van der Waals surface area contributed by atoms with Gasteiger partial charge in [0, 0.05) is 22.6 Å². The molecule has 5 nitrogen and oxygen atoms in total. The number of carbonyl (C=O) groups excluding carboxylic acids is 2. The molecule has 1 unspecified atom stereocenters. The summed E-state index contributed by atoms with van der Waals surface area (Å²) in [6.07, 6.45) is 2.64. The van der Waals surface area contributed by atoms with Crippen LogP contribution < -0.4 is 5.32 Å². The van der Waals surface area contributed by atoms with Gasteiger partial charge in [0.25, 0.3) is 0 Å². The van der Waals surface area contributed by atoms with Crippen molar-refractivity contribution in [2.45, 2.75) is 64.5 Å². The van der Waals surface area contributed by atoms with Crippen LogP contribution in [0, 0.1) is 3.57 Å². The molecule has 0 radical (unpaired) electrons. The van der Waals surface area contributed by atoms with Gasteiger partial charge in [-0.15, -0.1) is 0 Å². The van der Waals surface area contributed by atoms with E-state index in [0.29, 0.717) is 0 Å². The van der Waals surface area contributed by atoms with Gasteiger partial charge >= 0.3 is 6.09 Å². The van der Waals surface area contributed by atoms with Crippen LogP contribution in [0.1, 0.15) is 58.4 Å². The molecule has 144 valence electrons. The fraction of sp³-hybridized carbons (Fsp3) is 0.600. The van der Waals surface area contributed by atoms with Crippen molar-refractivity contribution in [1.29, 1.82) is 0 Å². The van der Waals surface area contributed by atoms with Crippen LogP contribution in [-0.4, -0.2) is 41.6 Å². The molecular formula is C20H29IN2O3. The lowest BCUT2D eigenvalue weighted by atomic mass is 9.92. The Kier molecular flexibility index (Phi) is 7.32. The molecule has 1 N–H and O–H groups in total. The zero-order valence-corrected chi connectivity index (χ0v) is 18.2. The molecule has 1 aromatic rings. The highest BCUT2D eigenvalue weighted by Crippen LogP contribution is 2.23. The van der Waals surface area contributed by atoms with Gasteiger partial charge in [0.15, 0.2) is 0 Å². The van der Waals surface area contributed by atoms with E-state index in [1.54, 1.807) is 0 Å². The highest BCUT2D eigenvalue weighted by atomic mass is 127. The molecule has 2 atom stereocenters. The van der Waals surface area contributed by atoms with Crippen molar-refractivity contribution in [2.24, 2.45) is 0 Å². The zero-order chi connectivity index (χ0) is 19.3. The van der Waals surface area contributed by atoms with Crippen LogP contribution in [0.15, 0.2) is 24.3 Å². The second-order valence-electron chi connectivity index (χ2n) is 7.85. The first-order valence-corrected chi connectivity index (χ1v) is 10.3. The van der Waals surface area contributed by atoms with E-state index in [-0.39, 0.29) is 11.8 Å². The Balaban J connectivity index is 2.20. The van der Waals surface area contributed by atoms with Crippen LogP contribution in [0.25, 0.3) is 0 Å². The number of alkyl carbamates (subject to hydrolysis) is 1. The number of nitrogens with zero attached hydrogens (tertiary/aromatic N) is 1. The van der Waals surface area contributed by atoms with Gasteiger partial charge in [-0.25, -0.2) is 4.79 Å². The van der Waals surface area contributed by atoms with E-state index in [9.17, 15) is 9.59 Å². The Morgan fingerprint density at radius 2 is 1.69 bits per heavy atom. The fourth-order valence-corrected chi connectivity index (χ4v) is 3.46. The lowest BCUT2D eigenvalue weighted by Gasteiger charge is -2.33. The van der Waals surface area contributed by atoms with E-state index in [1.165, 1.54) is 0 Å². The van der Waals surface area contributed by atoms with Gasteiger partial charge in [-0.3, -0.25) is 4.79 Å². The third-order valence-corrected chi connectivity index (χ3v) is 5.22. The number of nitrogens with one attached hydrogen (secondary N) is 1. The number of likely N-dealkylation sites (tertiary alicyclic amines) is 1. The number of amides is 2. The number of hydrogen-bond acceptors (Lipinski definition) is 3. The highest BCUT2D eigenvalue weighted by Gasteiger charge is 2.33. The summed E-state index contributed by atoms with van der Waals surface area (Å²) in [5.74, 6) is -0.171. The van der Waals surface area contributed by atoms with Gasteiger partial charge in [-0.05, 0) is 80.3 Å². The fourth-order valence-electron chi connectivity index (χ4n) is 3.10. The minimum absolute atomic E-state index is 0.0263. The molecule has 2 amide bonds. The van der Waals surface area contributed by atoms with Crippen molar-refractivity contribution in [2.75, 3.05) is 13.1 Å². The summed E-state index contributed by atoms with van der Waals surface area (Å²) >= 11 is 2.26. The average Bonchev–Trinajstić information content (AvgIpc) is 2.58. The molecule has 1 heterocycles. The molecule has 0 saturated carbocycles. The van der Waals surface area contributed by atoms with Crippen LogP contribution >= 0.6 is 22.6 Å². The predicted octanol–water partition coefficient (Wildman–Crippen LogP) is 4.30. The van der Waals surface area contributed by atoms with Crippen LogP contribution in [-0.2, 0) is 9.53 Å². The molecule has 0 bridgehead atoms. The van der Waals surface area contributed by atoms with E-state index in [4.69, 9.17) is 4.74 Å². The summed E-state index contributed by atoms with van der Waals surface area (Å²) in [6.45, 7) is 8.94. The topological polar surface area (TPSA) is 58.6 Å². The number of rotatable bonds is 4. The summed E-state index contributed by atoms with van der Waals surface area (Å²) in [7, 11) is 0. The second-order valence-corrected chi connectivity index (χ2v) is 9.10. The summed E-state index contributed by atoms with van der Waals surface area (Å²) in [5, 5.41) is 2.83. The second kappa shape index (κ2) is 9.06. The summed E-state index contributed by atoms with van der Waals surface area (Å²) in [4.78, 5) is 27.3.